The summed E-state index contributed by atoms with van der Waals surface area (Å²) in [4.78, 5) is 4.48. The number of hydrogen-bond acceptors (Lipinski definition) is 7. The van der Waals surface area contributed by atoms with E-state index in [9.17, 15) is 14.0 Å². The van der Waals surface area contributed by atoms with E-state index in [0.717, 1.165) is 11.8 Å². The van der Waals surface area contributed by atoms with Crippen LogP contribution < -0.4 is 4.74 Å². The number of halogens is 3. The third kappa shape index (κ3) is 4.29. The number of nitrogens with zero attached hydrogens (tertiary/aromatic N) is 4. The molecule has 4 aromatic rings. The van der Waals surface area contributed by atoms with Crippen LogP contribution in [0.4, 0.5) is 8.78 Å². The Labute approximate surface area is 172 Å². The quantitative estimate of drug-likeness (QED) is 0.409. The molecule has 0 N–H and O–H groups in total. The third-order valence-electron chi connectivity index (χ3n) is 3.79. The lowest BCUT2D eigenvalue weighted by atomic mass is 10.1. The van der Waals surface area contributed by atoms with Gasteiger partial charge in [0.25, 0.3) is 5.22 Å². The van der Waals surface area contributed by atoms with E-state index in [2.05, 4.69) is 26.0 Å². The van der Waals surface area contributed by atoms with Crippen molar-refractivity contribution < 1.29 is 17.9 Å². The van der Waals surface area contributed by atoms with Gasteiger partial charge in [-0.2, -0.15) is 14.0 Å². The Hall–Kier alpha value is -3.22. The van der Waals surface area contributed by atoms with Gasteiger partial charge in [0, 0.05) is 16.0 Å². The molecule has 6 nitrogen and oxygen atoms in total. The van der Waals surface area contributed by atoms with Crippen LogP contribution in [0.15, 0.2) is 63.2 Å². The lowest BCUT2D eigenvalue weighted by Crippen LogP contribution is -2.01. The molecule has 2 aromatic heterocycles. The van der Waals surface area contributed by atoms with Gasteiger partial charge in [-0.15, -0.1) is 10.2 Å². The zero-order chi connectivity index (χ0) is 20.4. The average Bonchev–Trinajstić information content (AvgIpc) is 3.16. The van der Waals surface area contributed by atoms with Crippen molar-refractivity contribution in [2.75, 3.05) is 0 Å². The summed E-state index contributed by atoms with van der Waals surface area (Å²) in [5.74, 6) is 0.242. The zero-order valence-corrected chi connectivity index (χ0v) is 15.9. The molecule has 0 bridgehead atoms. The van der Waals surface area contributed by atoms with Gasteiger partial charge in [0.15, 0.2) is 0 Å². The summed E-state index contributed by atoms with van der Waals surface area (Å²) < 4.78 is 34.4. The number of aromatic nitrogens is 3. The highest BCUT2D eigenvalue weighted by molar-refractivity contribution is 7.99. The van der Waals surface area contributed by atoms with Gasteiger partial charge in [0.2, 0.25) is 5.89 Å². The molecule has 0 saturated heterocycles. The van der Waals surface area contributed by atoms with Gasteiger partial charge in [-0.05, 0) is 60.3 Å². The molecular weight excluding hydrogens is 422 g/mol. The Bertz CT molecular complexity index is 1230. The summed E-state index contributed by atoms with van der Waals surface area (Å²) in [5, 5.41) is 19.2. The van der Waals surface area contributed by atoms with Gasteiger partial charge in [-0.1, -0.05) is 11.6 Å². The van der Waals surface area contributed by atoms with Gasteiger partial charge in [0.1, 0.15) is 10.8 Å². The minimum absolute atomic E-state index is 0.0300. The van der Waals surface area contributed by atoms with E-state index in [4.69, 9.17) is 16.0 Å². The molecule has 0 fully saturated rings. The standard InChI is InChI=1S/C19H9ClF2N4O2S/c20-12-3-6-15-14(8-12)11(9-23)7-16(24-15)29-19-26-25-17(28-19)10-1-4-13(5-2-10)27-18(21)22/h1-8,18H. The summed E-state index contributed by atoms with van der Waals surface area (Å²) in [7, 11) is 0. The molecule has 144 valence electrons. The fourth-order valence-electron chi connectivity index (χ4n) is 2.55. The Morgan fingerprint density at radius 3 is 2.62 bits per heavy atom. The smallest absolute Gasteiger partial charge is 0.387 e. The van der Waals surface area contributed by atoms with Crippen molar-refractivity contribution in [2.24, 2.45) is 0 Å². The predicted octanol–water partition coefficient (Wildman–Crippen LogP) is 5.56. The van der Waals surface area contributed by atoms with Crippen molar-refractivity contribution in [2.45, 2.75) is 16.9 Å². The number of benzene rings is 2. The average molecular weight is 431 g/mol. The second-order valence-electron chi connectivity index (χ2n) is 5.66. The molecule has 0 aliphatic rings. The molecule has 0 saturated carbocycles. The first-order valence-corrected chi connectivity index (χ1v) is 9.28. The second kappa shape index (κ2) is 8.03. The van der Waals surface area contributed by atoms with Crippen molar-refractivity contribution in [3.8, 4) is 23.3 Å². The van der Waals surface area contributed by atoms with Crippen molar-refractivity contribution in [3.05, 3.63) is 59.1 Å². The predicted molar refractivity (Wildman–Crippen MR) is 102 cm³/mol. The van der Waals surface area contributed by atoms with Crippen LogP contribution >= 0.6 is 23.4 Å². The van der Waals surface area contributed by atoms with Gasteiger partial charge < -0.3 is 9.15 Å². The summed E-state index contributed by atoms with van der Waals surface area (Å²) in [6.45, 7) is -2.89. The van der Waals surface area contributed by atoms with E-state index in [1.807, 2.05) is 0 Å². The highest BCUT2D eigenvalue weighted by atomic mass is 35.5. The van der Waals surface area contributed by atoms with Crippen LogP contribution in [0.2, 0.25) is 5.02 Å². The zero-order valence-electron chi connectivity index (χ0n) is 14.3. The first-order valence-electron chi connectivity index (χ1n) is 8.09. The molecule has 10 heteroatoms. The van der Waals surface area contributed by atoms with E-state index >= 15 is 0 Å². The highest BCUT2D eigenvalue weighted by Crippen LogP contribution is 2.32. The largest absolute Gasteiger partial charge is 0.435 e. The van der Waals surface area contributed by atoms with Crippen LogP contribution in [0.5, 0.6) is 5.75 Å². The van der Waals surface area contributed by atoms with Crippen molar-refractivity contribution in [3.63, 3.8) is 0 Å². The SMILES string of the molecule is N#Cc1cc(Sc2nnc(-c3ccc(OC(F)F)cc3)o2)nc2ccc(Cl)cc12. The molecule has 0 aliphatic heterocycles. The maximum Gasteiger partial charge on any atom is 0.387 e. The summed E-state index contributed by atoms with van der Waals surface area (Å²) in [6, 6.07) is 14.7. The molecule has 4 rings (SSSR count). The maximum absolute atomic E-state index is 12.2. The lowest BCUT2D eigenvalue weighted by molar-refractivity contribution is -0.0498. The number of fused-ring (bicyclic) bond motifs is 1. The fourth-order valence-corrected chi connectivity index (χ4v) is 3.43. The van der Waals surface area contributed by atoms with E-state index in [1.165, 1.54) is 24.3 Å². The van der Waals surface area contributed by atoms with Gasteiger partial charge >= 0.3 is 6.61 Å². The Morgan fingerprint density at radius 1 is 1.10 bits per heavy atom. The molecule has 0 aliphatic carbocycles. The minimum atomic E-state index is -2.89. The summed E-state index contributed by atoms with van der Waals surface area (Å²) >= 11 is 7.10. The van der Waals surface area contributed by atoms with E-state index in [0.29, 0.717) is 32.1 Å². The third-order valence-corrected chi connectivity index (χ3v) is 4.79. The van der Waals surface area contributed by atoms with Crippen LogP contribution in [0.1, 0.15) is 5.56 Å². The number of pyridine rings is 1. The number of alkyl halides is 2. The summed E-state index contributed by atoms with van der Waals surface area (Å²) in [5.41, 5.74) is 1.59. The molecule has 29 heavy (non-hydrogen) atoms. The molecule has 0 atom stereocenters. The Morgan fingerprint density at radius 2 is 1.90 bits per heavy atom. The molecule has 0 unspecified atom stereocenters. The summed E-state index contributed by atoms with van der Waals surface area (Å²) in [6.07, 6.45) is 0. The normalized spacial score (nSPS) is 11.0. The maximum atomic E-state index is 12.2. The van der Waals surface area contributed by atoms with Crippen LogP contribution in [0.3, 0.4) is 0 Å². The van der Waals surface area contributed by atoms with Crippen LogP contribution in [-0.2, 0) is 0 Å². The first kappa shape index (κ1) is 19.1. The molecule has 0 amide bonds. The van der Waals surface area contributed by atoms with Gasteiger partial charge in [0.05, 0.1) is 17.1 Å². The molecule has 2 heterocycles. The number of rotatable bonds is 5. The van der Waals surface area contributed by atoms with Gasteiger partial charge in [-0.3, -0.25) is 0 Å². The van der Waals surface area contributed by atoms with Crippen LogP contribution in [0, 0.1) is 11.3 Å². The molecule has 0 spiro atoms. The number of nitriles is 1. The van der Waals surface area contributed by atoms with Crippen LogP contribution in [-0.4, -0.2) is 21.8 Å². The van der Waals surface area contributed by atoms with Crippen molar-refractivity contribution >= 4 is 34.3 Å². The fraction of sp³-hybridized carbons (Fsp3) is 0.0526. The van der Waals surface area contributed by atoms with E-state index in [-0.39, 0.29) is 16.9 Å². The highest BCUT2D eigenvalue weighted by Gasteiger charge is 2.14. The monoisotopic (exact) mass is 430 g/mol. The lowest BCUT2D eigenvalue weighted by Gasteiger charge is -2.04. The van der Waals surface area contributed by atoms with E-state index < -0.39 is 6.61 Å². The Kier molecular flexibility index (Phi) is 5.29. The van der Waals surface area contributed by atoms with Crippen molar-refractivity contribution in [1.82, 2.24) is 15.2 Å². The number of ether oxygens (including phenoxy) is 1. The van der Waals surface area contributed by atoms with Crippen LogP contribution in [0.25, 0.3) is 22.4 Å². The second-order valence-corrected chi connectivity index (χ2v) is 7.07. The van der Waals surface area contributed by atoms with Gasteiger partial charge in [-0.25, -0.2) is 4.98 Å². The first-order chi connectivity index (χ1) is 14.0. The minimum Gasteiger partial charge on any atom is -0.435 e. The molecular formula is C19H9ClF2N4O2S. The van der Waals surface area contributed by atoms with E-state index in [1.54, 1.807) is 24.3 Å². The molecule has 2 aromatic carbocycles. The van der Waals surface area contributed by atoms with Crippen molar-refractivity contribution in [1.29, 1.82) is 5.26 Å². The topological polar surface area (TPSA) is 84.8 Å². The number of hydrogen-bond donors (Lipinski definition) is 0. The molecule has 0 radical (unpaired) electrons. The Balaban J connectivity index is 1.58.